The van der Waals surface area contributed by atoms with Gasteiger partial charge in [-0.1, -0.05) is 30.3 Å². The number of rotatable bonds is 3. The molecule has 2 aromatic rings. The quantitative estimate of drug-likeness (QED) is 0.818. The minimum atomic E-state index is 0.0546. The predicted molar refractivity (Wildman–Crippen MR) is 86.2 cm³/mol. The number of benzene rings is 1. The first-order chi connectivity index (χ1) is 10.7. The summed E-state index contributed by atoms with van der Waals surface area (Å²) in [6.45, 7) is 3.42. The van der Waals surface area contributed by atoms with Gasteiger partial charge in [-0.3, -0.25) is 4.79 Å². The second-order valence-electron chi connectivity index (χ2n) is 5.57. The highest BCUT2D eigenvalue weighted by Gasteiger charge is 2.27. The maximum Gasteiger partial charge on any atom is 0.246 e. The summed E-state index contributed by atoms with van der Waals surface area (Å²) in [4.78, 5) is 22.9. The van der Waals surface area contributed by atoms with Crippen molar-refractivity contribution < 1.29 is 4.79 Å². The lowest BCUT2D eigenvalue weighted by Crippen LogP contribution is -2.26. The van der Waals surface area contributed by atoms with E-state index in [-0.39, 0.29) is 11.8 Å². The molecule has 0 radical (unpaired) electrons. The zero-order chi connectivity index (χ0) is 15.4. The lowest BCUT2D eigenvalue weighted by molar-refractivity contribution is -0.124. The molecule has 1 saturated heterocycles. The van der Waals surface area contributed by atoms with Gasteiger partial charge >= 0.3 is 0 Å². The van der Waals surface area contributed by atoms with E-state index >= 15 is 0 Å². The van der Waals surface area contributed by atoms with Crippen molar-refractivity contribution in [2.75, 3.05) is 13.1 Å². The number of nitrogens with zero attached hydrogens (tertiary/aromatic N) is 3. The van der Waals surface area contributed by atoms with Gasteiger partial charge in [0, 0.05) is 37.0 Å². The highest BCUT2D eigenvalue weighted by atomic mass is 16.2. The average molecular weight is 293 g/mol. The van der Waals surface area contributed by atoms with Crippen LogP contribution in [0.2, 0.25) is 0 Å². The van der Waals surface area contributed by atoms with E-state index in [1.807, 2.05) is 54.3 Å². The predicted octanol–water partition coefficient (Wildman–Crippen LogP) is 2.81. The van der Waals surface area contributed by atoms with Crippen molar-refractivity contribution in [2.45, 2.75) is 19.3 Å². The van der Waals surface area contributed by atoms with E-state index in [1.165, 1.54) is 0 Å². The summed E-state index contributed by atoms with van der Waals surface area (Å²) in [7, 11) is 0. The molecule has 0 saturated carbocycles. The molecule has 0 unspecified atom stereocenters. The number of amides is 1. The molecule has 0 spiro atoms. The fraction of sp³-hybridized carbons (Fsp3) is 0.278. The van der Waals surface area contributed by atoms with Gasteiger partial charge in [-0.05, 0) is 31.1 Å². The van der Waals surface area contributed by atoms with Crippen molar-refractivity contribution in [1.29, 1.82) is 0 Å². The molecule has 1 aromatic carbocycles. The lowest BCUT2D eigenvalue weighted by atomic mass is 10.1. The summed E-state index contributed by atoms with van der Waals surface area (Å²) < 4.78 is 0. The average Bonchev–Trinajstić information content (AvgIpc) is 3.04. The third kappa shape index (κ3) is 3.39. The molecule has 4 heteroatoms. The fourth-order valence-corrected chi connectivity index (χ4v) is 2.67. The topological polar surface area (TPSA) is 46.1 Å². The molecule has 3 rings (SSSR count). The van der Waals surface area contributed by atoms with Gasteiger partial charge in [0.1, 0.15) is 5.82 Å². The van der Waals surface area contributed by atoms with Crippen molar-refractivity contribution in [3.63, 3.8) is 0 Å². The number of hydrogen-bond acceptors (Lipinski definition) is 3. The third-order valence-corrected chi connectivity index (χ3v) is 3.90. The van der Waals surface area contributed by atoms with Crippen LogP contribution in [0.15, 0.2) is 48.7 Å². The molecule has 4 nitrogen and oxygen atoms in total. The van der Waals surface area contributed by atoms with Gasteiger partial charge in [-0.15, -0.1) is 0 Å². The second kappa shape index (κ2) is 6.52. The van der Waals surface area contributed by atoms with Gasteiger partial charge in [0.15, 0.2) is 0 Å². The second-order valence-corrected chi connectivity index (χ2v) is 5.57. The normalized spacial score (nSPS) is 18.0. The fourth-order valence-electron chi connectivity index (χ4n) is 2.67. The minimum absolute atomic E-state index is 0.0546. The van der Waals surface area contributed by atoms with Gasteiger partial charge in [-0.2, -0.15) is 0 Å². The van der Waals surface area contributed by atoms with Crippen LogP contribution in [0.1, 0.15) is 29.4 Å². The molecule has 2 heterocycles. The van der Waals surface area contributed by atoms with Gasteiger partial charge in [-0.25, -0.2) is 9.97 Å². The first-order valence-corrected chi connectivity index (χ1v) is 7.54. The summed E-state index contributed by atoms with van der Waals surface area (Å²) in [5.41, 5.74) is 2.01. The van der Waals surface area contributed by atoms with Crippen molar-refractivity contribution in [2.24, 2.45) is 0 Å². The number of hydrogen-bond donors (Lipinski definition) is 0. The zero-order valence-corrected chi connectivity index (χ0v) is 12.6. The maximum atomic E-state index is 12.3. The standard InChI is InChI=1S/C18H19N3O/c1-14-9-11-19-18(20-14)16-10-12-21(13-16)17(22)8-7-15-5-3-2-4-6-15/h2-9,11,16H,10,12-13H2,1H3/b8-7+/t16-/m1/s1. The summed E-state index contributed by atoms with van der Waals surface area (Å²) in [6, 6.07) is 11.8. The molecule has 0 N–H and O–H groups in total. The van der Waals surface area contributed by atoms with Gasteiger partial charge in [0.25, 0.3) is 0 Å². The molecule has 1 aliphatic heterocycles. The summed E-state index contributed by atoms with van der Waals surface area (Å²) in [5.74, 6) is 1.15. The molecule has 1 amide bonds. The van der Waals surface area contributed by atoms with Crippen LogP contribution in [-0.2, 0) is 4.79 Å². The number of carbonyl (C=O) groups excluding carboxylic acids is 1. The van der Waals surface area contributed by atoms with Crippen LogP contribution in [0.4, 0.5) is 0 Å². The molecule has 0 aliphatic carbocycles. The minimum Gasteiger partial charge on any atom is -0.338 e. The number of carbonyl (C=O) groups is 1. The molecule has 1 aliphatic rings. The summed E-state index contributed by atoms with van der Waals surface area (Å²) in [5, 5.41) is 0. The van der Waals surface area contributed by atoms with Crippen LogP contribution >= 0.6 is 0 Å². The van der Waals surface area contributed by atoms with Crippen molar-refractivity contribution in [3.05, 3.63) is 65.8 Å². The van der Waals surface area contributed by atoms with Crippen LogP contribution in [0.5, 0.6) is 0 Å². The Morgan fingerprint density at radius 1 is 1.27 bits per heavy atom. The maximum absolute atomic E-state index is 12.3. The highest BCUT2D eigenvalue weighted by Crippen LogP contribution is 2.24. The van der Waals surface area contributed by atoms with E-state index in [9.17, 15) is 4.79 Å². The Morgan fingerprint density at radius 2 is 2.09 bits per heavy atom. The molecule has 112 valence electrons. The molecular weight excluding hydrogens is 274 g/mol. The van der Waals surface area contributed by atoms with E-state index in [4.69, 9.17) is 0 Å². The number of likely N-dealkylation sites (tertiary alicyclic amines) is 1. The number of aryl methyl sites for hydroxylation is 1. The molecular formula is C18H19N3O. The monoisotopic (exact) mass is 293 g/mol. The van der Waals surface area contributed by atoms with Crippen molar-refractivity contribution in [1.82, 2.24) is 14.9 Å². The SMILES string of the molecule is Cc1ccnc([C@@H]2CCN(C(=O)/C=C/c3ccccc3)C2)n1. The molecule has 0 bridgehead atoms. The number of aromatic nitrogens is 2. The summed E-state index contributed by atoms with van der Waals surface area (Å²) >= 11 is 0. The molecule has 1 fully saturated rings. The Morgan fingerprint density at radius 3 is 2.86 bits per heavy atom. The van der Waals surface area contributed by atoms with Crippen LogP contribution < -0.4 is 0 Å². The largest absolute Gasteiger partial charge is 0.338 e. The van der Waals surface area contributed by atoms with E-state index in [0.717, 1.165) is 30.0 Å². The third-order valence-electron chi connectivity index (χ3n) is 3.90. The summed E-state index contributed by atoms with van der Waals surface area (Å²) in [6.07, 6.45) is 6.22. The molecule has 1 atom stereocenters. The molecule has 22 heavy (non-hydrogen) atoms. The van der Waals surface area contributed by atoms with Crippen molar-refractivity contribution >= 4 is 12.0 Å². The zero-order valence-electron chi connectivity index (χ0n) is 12.6. The van der Waals surface area contributed by atoms with E-state index in [2.05, 4.69) is 9.97 Å². The highest BCUT2D eigenvalue weighted by molar-refractivity contribution is 5.92. The van der Waals surface area contributed by atoms with E-state index in [0.29, 0.717) is 6.54 Å². The Balaban J connectivity index is 1.63. The molecule has 1 aromatic heterocycles. The smallest absolute Gasteiger partial charge is 0.246 e. The Labute approximate surface area is 130 Å². The van der Waals surface area contributed by atoms with E-state index < -0.39 is 0 Å². The van der Waals surface area contributed by atoms with Gasteiger partial charge in [0.2, 0.25) is 5.91 Å². The lowest BCUT2D eigenvalue weighted by Gasteiger charge is -2.14. The Hall–Kier alpha value is -2.49. The Bertz CT molecular complexity index is 682. The van der Waals surface area contributed by atoms with Gasteiger partial charge in [0.05, 0.1) is 0 Å². The Kier molecular flexibility index (Phi) is 4.28. The van der Waals surface area contributed by atoms with E-state index in [1.54, 1.807) is 12.3 Å². The van der Waals surface area contributed by atoms with Crippen LogP contribution in [0.25, 0.3) is 6.08 Å². The first-order valence-electron chi connectivity index (χ1n) is 7.54. The first kappa shape index (κ1) is 14.4. The van der Waals surface area contributed by atoms with Crippen molar-refractivity contribution in [3.8, 4) is 0 Å². The van der Waals surface area contributed by atoms with Crippen LogP contribution in [0, 0.1) is 6.92 Å². The van der Waals surface area contributed by atoms with Crippen LogP contribution in [-0.4, -0.2) is 33.9 Å². The van der Waals surface area contributed by atoms with Gasteiger partial charge < -0.3 is 4.90 Å². The van der Waals surface area contributed by atoms with Crippen LogP contribution in [0.3, 0.4) is 0 Å².